The molecule has 1 heterocycles. The minimum Gasteiger partial charge on any atom is -0.369 e. The van der Waals surface area contributed by atoms with E-state index in [0.29, 0.717) is 6.54 Å². The Morgan fingerprint density at radius 2 is 1.86 bits per heavy atom. The molecule has 1 aliphatic heterocycles. The Morgan fingerprint density at radius 1 is 1.27 bits per heavy atom. The van der Waals surface area contributed by atoms with E-state index in [0.717, 1.165) is 31.5 Å². The van der Waals surface area contributed by atoms with Crippen molar-refractivity contribution >= 4 is 11.8 Å². The fourth-order valence-electron chi connectivity index (χ4n) is 2.94. The predicted molar refractivity (Wildman–Crippen MR) is 85.1 cm³/mol. The lowest BCUT2D eigenvalue weighted by Gasteiger charge is -2.31. The van der Waals surface area contributed by atoms with Crippen LogP contribution in [0.15, 0.2) is 24.3 Å². The number of quaternary nitrogens is 1. The summed E-state index contributed by atoms with van der Waals surface area (Å²) in [7, 11) is 0. The normalized spacial score (nSPS) is 22.8. The predicted octanol–water partition coefficient (Wildman–Crippen LogP) is -0.220. The molecule has 1 saturated heterocycles. The minimum atomic E-state index is -0.212. The number of hydrogen-bond donors (Lipinski definition) is 3. The number of piperidine rings is 1. The number of amides is 2. The molecule has 5 nitrogen and oxygen atoms in total. The third-order valence-electron chi connectivity index (χ3n) is 4.62. The average molecular weight is 304 g/mol. The van der Waals surface area contributed by atoms with Gasteiger partial charge in [0, 0.05) is 25.3 Å². The van der Waals surface area contributed by atoms with E-state index in [9.17, 15) is 9.59 Å². The number of primary amides is 1. The van der Waals surface area contributed by atoms with Crippen LogP contribution in [-0.2, 0) is 16.1 Å². The zero-order valence-corrected chi connectivity index (χ0v) is 13.4. The van der Waals surface area contributed by atoms with Crippen molar-refractivity contribution in [1.82, 2.24) is 5.32 Å². The fraction of sp³-hybridized carbons (Fsp3) is 0.529. The number of carbonyl (C=O) groups excluding carboxylic acids is 2. The second-order valence-electron chi connectivity index (χ2n) is 6.26. The summed E-state index contributed by atoms with van der Waals surface area (Å²) < 4.78 is 0. The number of likely N-dealkylation sites (tertiary alicyclic amines) is 1. The molecule has 0 unspecified atom stereocenters. The second-order valence-corrected chi connectivity index (χ2v) is 6.26. The number of nitrogens with one attached hydrogen (secondary N) is 2. The SMILES string of the molecule is Cc1ccc(CNC(=O)[C@H](C)[NH+]2CCC(C(N)=O)CC2)cc1. The van der Waals surface area contributed by atoms with Crippen molar-refractivity contribution in [2.24, 2.45) is 11.7 Å². The number of nitrogens with two attached hydrogens (primary N) is 1. The number of aryl methyl sites for hydroxylation is 1. The van der Waals surface area contributed by atoms with Crippen molar-refractivity contribution in [1.29, 1.82) is 0 Å². The molecule has 1 atom stereocenters. The molecule has 0 spiro atoms. The molecule has 0 aliphatic carbocycles. The molecule has 1 fully saturated rings. The summed E-state index contributed by atoms with van der Waals surface area (Å²) in [5.41, 5.74) is 7.66. The monoisotopic (exact) mass is 304 g/mol. The molecule has 22 heavy (non-hydrogen) atoms. The van der Waals surface area contributed by atoms with Gasteiger partial charge in [-0.2, -0.15) is 0 Å². The molecule has 2 amide bonds. The molecular weight excluding hydrogens is 278 g/mol. The lowest BCUT2D eigenvalue weighted by molar-refractivity contribution is -0.919. The van der Waals surface area contributed by atoms with E-state index in [1.165, 1.54) is 10.5 Å². The van der Waals surface area contributed by atoms with Crippen LogP contribution >= 0.6 is 0 Å². The first-order valence-corrected chi connectivity index (χ1v) is 7.94. The van der Waals surface area contributed by atoms with Gasteiger partial charge in [0.15, 0.2) is 6.04 Å². The number of rotatable bonds is 5. The number of carbonyl (C=O) groups is 2. The van der Waals surface area contributed by atoms with Crippen LogP contribution in [-0.4, -0.2) is 30.9 Å². The summed E-state index contributed by atoms with van der Waals surface area (Å²) in [5, 5.41) is 3.00. The van der Waals surface area contributed by atoms with Gasteiger partial charge in [0.1, 0.15) is 0 Å². The molecule has 1 aromatic carbocycles. The third kappa shape index (κ3) is 4.31. The Hall–Kier alpha value is -1.88. The Kier molecular flexibility index (Phi) is 5.55. The second kappa shape index (κ2) is 7.40. The Balaban J connectivity index is 1.80. The average Bonchev–Trinajstić information content (AvgIpc) is 2.53. The molecule has 4 N–H and O–H groups in total. The summed E-state index contributed by atoms with van der Waals surface area (Å²) >= 11 is 0. The maximum Gasteiger partial charge on any atom is 0.278 e. The van der Waals surface area contributed by atoms with E-state index in [1.807, 2.05) is 38.1 Å². The van der Waals surface area contributed by atoms with Gasteiger partial charge in [-0.25, -0.2) is 0 Å². The van der Waals surface area contributed by atoms with Crippen LogP contribution in [0, 0.1) is 12.8 Å². The van der Waals surface area contributed by atoms with Crippen LogP contribution in [0.2, 0.25) is 0 Å². The van der Waals surface area contributed by atoms with Crippen molar-refractivity contribution < 1.29 is 14.5 Å². The van der Waals surface area contributed by atoms with Gasteiger partial charge < -0.3 is 16.0 Å². The van der Waals surface area contributed by atoms with Crippen LogP contribution in [0.5, 0.6) is 0 Å². The van der Waals surface area contributed by atoms with Gasteiger partial charge in [-0.05, 0) is 19.4 Å². The maximum absolute atomic E-state index is 12.3. The van der Waals surface area contributed by atoms with Gasteiger partial charge >= 0.3 is 0 Å². The largest absolute Gasteiger partial charge is 0.369 e. The molecule has 0 radical (unpaired) electrons. The highest BCUT2D eigenvalue weighted by Gasteiger charge is 2.31. The van der Waals surface area contributed by atoms with Crippen LogP contribution < -0.4 is 16.0 Å². The van der Waals surface area contributed by atoms with E-state index in [-0.39, 0.29) is 23.8 Å². The summed E-state index contributed by atoms with van der Waals surface area (Å²) in [6, 6.07) is 8.06. The highest BCUT2D eigenvalue weighted by molar-refractivity contribution is 5.80. The van der Waals surface area contributed by atoms with Crippen LogP contribution in [0.4, 0.5) is 0 Å². The zero-order valence-electron chi connectivity index (χ0n) is 13.4. The Morgan fingerprint density at radius 3 is 2.41 bits per heavy atom. The van der Waals surface area contributed by atoms with Crippen molar-refractivity contribution in [3.8, 4) is 0 Å². The Bertz CT molecular complexity index is 519. The van der Waals surface area contributed by atoms with Crippen molar-refractivity contribution in [3.05, 3.63) is 35.4 Å². The fourth-order valence-corrected chi connectivity index (χ4v) is 2.94. The topological polar surface area (TPSA) is 76.6 Å². The molecule has 5 heteroatoms. The van der Waals surface area contributed by atoms with Crippen LogP contribution in [0.3, 0.4) is 0 Å². The first kappa shape index (κ1) is 16.5. The summed E-state index contributed by atoms with van der Waals surface area (Å²) in [4.78, 5) is 24.7. The van der Waals surface area contributed by atoms with E-state index >= 15 is 0 Å². The first-order valence-electron chi connectivity index (χ1n) is 7.94. The highest BCUT2D eigenvalue weighted by atomic mass is 16.2. The van der Waals surface area contributed by atoms with Crippen molar-refractivity contribution in [2.75, 3.05) is 13.1 Å². The number of hydrogen-bond acceptors (Lipinski definition) is 2. The van der Waals surface area contributed by atoms with Crippen LogP contribution in [0.1, 0.15) is 30.9 Å². The molecule has 0 bridgehead atoms. The molecule has 0 saturated carbocycles. The number of benzene rings is 1. The van der Waals surface area contributed by atoms with Gasteiger partial charge in [0.2, 0.25) is 5.91 Å². The van der Waals surface area contributed by atoms with E-state index in [4.69, 9.17) is 5.73 Å². The third-order valence-corrected chi connectivity index (χ3v) is 4.62. The van der Waals surface area contributed by atoms with Crippen LogP contribution in [0.25, 0.3) is 0 Å². The van der Waals surface area contributed by atoms with E-state index < -0.39 is 0 Å². The quantitative estimate of drug-likeness (QED) is 0.703. The molecule has 2 rings (SSSR count). The Labute approximate surface area is 131 Å². The minimum absolute atomic E-state index is 0.0217. The van der Waals surface area contributed by atoms with Gasteiger partial charge in [-0.15, -0.1) is 0 Å². The van der Waals surface area contributed by atoms with Gasteiger partial charge in [0.05, 0.1) is 13.1 Å². The molecular formula is C17H26N3O2+. The van der Waals surface area contributed by atoms with E-state index in [2.05, 4.69) is 5.32 Å². The first-order chi connectivity index (χ1) is 10.5. The van der Waals surface area contributed by atoms with Gasteiger partial charge in [-0.3, -0.25) is 9.59 Å². The lowest BCUT2D eigenvalue weighted by Crippen LogP contribution is -3.17. The molecule has 0 aromatic heterocycles. The van der Waals surface area contributed by atoms with Gasteiger partial charge in [-0.1, -0.05) is 29.8 Å². The zero-order chi connectivity index (χ0) is 16.1. The molecule has 120 valence electrons. The van der Waals surface area contributed by atoms with Crippen molar-refractivity contribution in [3.63, 3.8) is 0 Å². The summed E-state index contributed by atoms with van der Waals surface area (Å²) in [6.07, 6.45) is 1.56. The molecule has 1 aliphatic rings. The highest BCUT2D eigenvalue weighted by Crippen LogP contribution is 2.08. The summed E-state index contributed by atoms with van der Waals surface area (Å²) in [5.74, 6) is -0.171. The maximum atomic E-state index is 12.3. The lowest BCUT2D eigenvalue weighted by atomic mass is 9.95. The molecule has 1 aromatic rings. The standard InChI is InChI=1S/C17H25N3O2/c1-12-3-5-14(6-4-12)11-19-17(22)13(2)20-9-7-15(8-10-20)16(18)21/h3-6,13,15H,7-11H2,1-2H3,(H2,18,21)(H,19,22)/p+1/t13-/m0/s1. The van der Waals surface area contributed by atoms with E-state index in [1.54, 1.807) is 0 Å². The smallest absolute Gasteiger partial charge is 0.278 e. The van der Waals surface area contributed by atoms with Crippen molar-refractivity contribution in [2.45, 2.75) is 39.3 Å². The van der Waals surface area contributed by atoms with Gasteiger partial charge in [0.25, 0.3) is 5.91 Å². The summed E-state index contributed by atoms with van der Waals surface area (Å²) in [6.45, 7) is 6.20.